The molecule has 142 valence electrons. The Labute approximate surface area is 165 Å². The second kappa shape index (κ2) is 7.85. The summed E-state index contributed by atoms with van der Waals surface area (Å²) in [6.45, 7) is 2.06. The van der Waals surface area contributed by atoms with Crippen LogP contribution in [0.1, 0.15) is 34.7 Å². The molecule has 3 aromatic carbocycles. The molecular formula is C24H24N2O2. The molecule has 1 aliphatic carbocycles. The van der Waals surface area contributed by atoms with Crippen LogP contribution in [0.4, 0.5) is 0 Å². The summed E-state index contributed by atoms with van der Waals surface area (Å²) in [4.78, 5) is 24.7. The predicted molar refractivity (Wildman–Crippen MR) is 111 cm³/mol. The molecule has 0 saturated heterocycles. The molecular weight excluding hydrogens is 348 g/mol. The summed E-state index contributed by atoms with van der Waals surface area (Å²) in [6.07, 6.45) is 2.16. The molecule has 4 nitrogen and oxygen atoms in total. The van der Waals surface area contributed by atoms with Crippen molar-refractivity contribution < 1.29 is 9.59 Å². The molecule has 0 fully saturated rings. The first-order chi connectivity index (χ1) is 13.6. The minimum atomic E-state index is -0.148. The topological polar surface area (TPSA) is 58.2 Å². The minimum absolute atomic E-state index is 0.00124. The van der Waals surface area contributed by atoms with E-state index >= 15 is 0 Å². The van der Waals surface area contributed by atoms with Gasteiger partial charge in [-0.3, -0.25) is 9.59 Å². The molecule has 0 aliphatic heterocycles. The normalized spacial score (nSPS) is 15.2. The van der Waals surface area contributed by atoms with E-state index in [1.807, 2.05) is 42.5 Å². The average Bonchev–Trinajstić information content (AvgIpc) is 3.08. The third-order valence-electron chi connectivity index (χ3n) is 5.39. The summed E-state index contributed by atoms with van der Waals surface area (Å²) in [6, 6.07) is 20.4. The Kier molecular flexibility index (Phi) is 5.11. The van der Waals surface area contributed by atoms with Crippen LogP contribution in [0.15, 0.2) is 60.7 Å². The summed E-state index contributed by atoms with van der Waals surface area (Å²) >= 11 is 0. The second-order valence-electron chi connectivity index (χ2n) is 7.45. The maximum atomic E-state index is 12.3. The van der Waals surface area contributed by atoms with Crippen LogP contribution in [0.2, 0.25) is 0 Å². The molecule has 4 heteroatoms. The van der Waals surface area contributed by atoms with Crippen LogP contribution in [0.5, 0.6) is 0 Å². The van der Waals surface area contributed by atoms with Gasteiger partial charge in [0.25, 0.3) is 0 Å². The number of carbonyl (C=O) groups is 2. The van der Waals surface area contributed by atoms with Crippen molar-refractivity contribution in [1.82, 2.24) is 10.6 Å². The number of rotatable bonds is 5. The number of carbonyl (C=O) groups excluding carboxylic acids is 2. The van der Waals surface area contributed by atoms with Gasteiger partial charge in [0, 0.05) is 0 Å². The van der Waals surface area contributed by atoms with Gasteiger partial charge in [-0.1, -0.05) is 66.2 Å². The zero-order valence-corrected chi connectivity index (χ0v) is 16.0. The first kappa shape index (κ1) is 18.2. The van der Waals surface area contributed by atoms with E-state index in [1.54, 1.807) is 0 Å². The fraction of sp³-hybridized carbons (Fsp3) is 0.250. The largest absolute Gasteiger partial charge is 0.348 e. The van der Waals surface area contributed by atoms with Gasteiger partial charge in [0.15, 0.2) is 0 Å². The lowest BCUT2D eigenvalue weighted by atomic mass is 10.0. The lowest BCUT2D eigenvalue weighted by Crippen LogP contribution is -2.38. The maximum absolute atomic E-state index is 12.3. The van der Waals surface area contributed by atoms with E-state index in [0.29, 0.717) is 0 Å². The summed E-state index contributed by atoms with van der Waals surface area (Å²) in [5, 5.41) is 8.00. The van der Waals surface area contributed by atoms with Crippen LogP contribution >= 0.6 is 0 Å². The Hall–Kier alpha value is -3.14. The van der Waals surface area contributed by atoms with Crippen molar-refractivity contribution in [2.24, 2.45) is 0 Å². The van der Waals surface area contributed by atoms with Crippen molar-refractivity contribution in [1.29, 1.82) is 0 Å². The van der Waals surface area contributed by atoms with E-state index in [1.165, 1.54) is 16.7 Å². The molecule has 0 spiro atoms. The summed E-state index contributed by atoms with van der Waals surface area (Å²) in [7, 11) is 0. The molecule has 2 amide bonds. The lowest BCUT2D eigenvalue weighted by Gasteiger charge is -2.15. The quantitative estimate of drug-likeness (QED) is 0.719. The highest BCUT2D eigenvalue weighted by Gasteiger charge is 2.23. The fourth-order valence-corrected chi connectivity index (χ4v) is 3.98. The standard InChI is InChI=1S/C24H24N2O2/c1-16-9-10-18-11-12-22(21(18)13-16)26-24(28)15-25-23(27)14-19-7-4-6-17-5-2-3-8-20(17)19/h2-10,13,22H,11-12,14-15H2,1H3,(H,25,27)(H,26,28). The second-order valence-corrected chi connectivity index (χ2v) is 7.45. The SMILES string of the molecule is Cc1ccc2c(c1)C(NC(=O)CNC(=O)Cc1cccc3ccccc13)CC2. The molecule has 1 unspecified atom stereocenters. The monoisotopic (exact) mass is 372 g/mol. The van der Waals surface area contributed by atoms with Gasteiger partial charge in [0.05, 0.1) is 19.0 Å². The first-order valence-electron chi connectivity index (χ1n) is 9.72. The van der Waals surface area contributed by atoms with Crippen molar-refractivity contribution in [3.05, 3.63) is 82.9 Å². The smallest absolute Gasteiger partial charge is 0.239 e. The third-order valence-corrected chi connectivity index (χ3v) is 5.39. The molecule has 0 aromatic heterocycles. The van der Waals surface area contributed by atoms with Crippen molar-refractivity contribution in [2.75, 3.05) is 6.54 Å². The Morgan fingerprint density at radius 1 is 1.00 bits per heavy atom. The molecule has 3 aromatic rings. The van der Waals surface area contributed by atoms with Gasteiger partial charge >= 0.3 is 0 Å². The zero-order valence-electron chi connectivity index (χ0n) is 16.0. The van der Waals surface area contributed by atoms with E-state index in [0.717, 1.165) is 29.2 Å². The molecule has 0 heterocycles. The fourth-order valence-electron chi connectivity index (χ4n) is 3.98. The number of hydrogen-bond acceptors (Lipinski definition) is 2. The van der Waals surface area contributed by atoms with Crippen LogP contribution in [-0.2, 0) is 22.4 Å². The maximum Gasteiger partial charge on any atom is 0.239 e. The van der Waals surface area contributed by atoms with E-state index in [9.17, 15) is 9.59 Å². The molecule has 1 atom stereocenters. The highest BCUT2D eigenvalue weighted by atomic mass is 16.2. The van der Waals surface area contributed by atoms with Gasteiger partial charge in [-0.05, 0) is 47.2 Å². The number of aryl methyl sites for hydroxylation is 2. The van der Waals surface area contributed by atoms with E-state index < -0.39 is 0 Å². The first-order valence-corrected chi connectivity index (χ1v) is 9.72. The Morgan fingerprint density at radius 3 is 2.71 bits per heavy atom. The van der Waals surface area contributed by atoms with Crippen LogP contribution in [0, 0.1) is 6.92 Å². The van der Waals surface area contributed by atoms with Gasteiger partial charge in [0.2, 0.25) is 11.8 Å². The number of nitrogens with one attached hydrogen (secondary N) is 2. The van der Waals surface area contributed by atoms with E-state index in [-0.39, 0.29) is 30.8 Å². The summed E-state index contributed by atoms with van der Waals surface area (Å²) < 4.78 is 0. The highest BCUT2D eigenvalue weighted by Crippen LogP contribution is 2.31. The van der Waals surface area contributed by atoms with E-state index in [2.05, 4.69) is 35.8 Å². The van der Waals surface area contributed by atoms with Crippen molar-refractivity contribution in [3.8, 4) is 0 Å². The van der Waals surface area contributed by atoms with Gasteiger partial charge in [-0.2, -0.15) is 0 Å². The third kappa shape index (κ3) is 3.91. The molecule has 1 aliphatic rings. The number of benzene rings is 3. The number of hydrogen-bond donors (Lipinski definition) is 2. The lowest BCUT2D eigenvalue weighted by molar-refractivity contribution is -0.126. The molecule has 0 radical (unpaired) electrons. The van der Waals surface area contributed by atoms with Crippen LogP contribution < -0.4 is 10.6 Å². The van der Waals surface area contributed by atoms with Gasteiger partial charge in [0.1, 0.15) is 0 Å². The average molecular weight is 372 g/mol. The van der Waals surface area contributed by atoms with Gasteiger partial charge in [-0.25, -0.2) is 0 Å². The summed E-state index contributed by atoms with van der Waals surface area (Å²) in [5.41, 5.74) is 4.67. The van der Waals surface area contributed by atoms with Gasteiger partial charge < -0.3 is 10.6 Å². The van der Waals surface area contributed by atoms with Gasteiger partial charge in [-0.15, -0.1) is 0 Å². The predicted octanol–water partition coefficient (Wildman–Crippen LogP) is 3.61. The molecule has 2 N–H and O–H groups in total. The van der Waals surface area contributed by atoms with Crippen LogP contribution in [0.3, 0.4) is 0 Å². The summed E-state index contributed by atoms with van der Waals surface area (Å²) in [5.74, 6) is -0.292. The van der Waals surface area contributed by atoms with Crippen molar-refractivity contribution >= 4 is 22.6 Å². The molecule has 4 rings (SSSR count). The van der Waals surface area contributed by atoms with Crippen molar-refractivity contribution in [3.63, 3.8) is 0 Å². The minimum Gasteiger partial charge on any atom is -0.348 e. The highest BCUT2D eigenvalue weighted by molar-refractivity contribution is 5.91. The Balaban J connectivity index is 1.33. The van der Waals surface area contributed by atoms with Crippen LogP contribution in [-0.4, -0.2) is 18.4 Å². The number of amides is 2. The Bertz CT molecular complexity index is 1040. The molecule has 0 saturated carbocycles. The van der Waals surface area contributed by atoms with E-state index in [4.69, 9.17) is 0 Å². The Morgan fingerprint density at radius 2 is 1.82 bits per heavy atom. The van der Waals surface area contributed by atoms with Crippen molar-refractivity contribution in [2.45, 2.75) is 32.2 Å². The molecule has 0 bridgehead atoms. The number of fused-ring (bicyclic) bond motifs is 2. The zero-order chi connectivity index (χ0) is 19.5. The van der Waals surface area contributed by atoms with Crippen LogP contribution in [0.25, 0.3) is 10.8 Å². The molecule has 28 heavy (non-hydrogen) atoms.